The maximum absolute atomic E-state index is 13.5. The topological polar surface area (TPSA) is 66.5 Å². The van der Waals surface area contributed by atoms with Crippen molar-refractivity contribution in [2.75, 3.05) is 10.8 Å². The highest BCUT2D eigenvalue weighted by Gasteiger charge is 2.28. The van der Waals surface area contributed by atoms with Gasteiger partial charge in [-0.25, -0.2) is 8.42 Å². The number of halogens is 1. The fourth-order valence-corrected chi connectivity index (χ4v) is 5.25. The average molecular weight is 485 g/mol. The van der Waals surface area contributed by atoms with E-state index in [4.69, 9.17) is 11.6 Å². The molecule has 3 aromatic carbocycles. The number of rotatable bonds is 7. The van der Waals surface area contributed by atoms with Crippen LogP contribution in [0.5, 0.6) is 0 Å². The zero-order chi connectivity index (χ0) is 24.3. The maximum atomic E-state index is 13.5. The zero-order valence-corrected chi connectivity index (χ0v) is 21.1. The molecule has 0 unspecified atom stereocenters. The Balaban J connectivity index is 1.90. The summed E-state index contributed by atoms with van der Waals surface area (Å²) in [6.07, 6.45) is 0. The monoisotopic (exact) mass is 484 g/mol. The number of amides is 1. The predicted octanol–water partition coefficient (Wildman–Crippen LogP) is 5.65. The highest BCUT2D eigenvalue weighted by Crippen LogP contribution is 2.26. The van der Waals surface area contributed by atoms with Gasteiger partial charge >= 0.3 is 0 Å². The molecular formula is C26H29ClN2O3S. The van der Waals surface area contributed by atoms with Crippen LogP contribution in [0.1, 0.15) is 40.8 Å². The normalized spacial score (nSPS) is 12.3. The Kier molecular flexibility index (Phi) is 7.50. The van der Waals surface area contributed by atoms with Gasteiger partial charge in [-0.3, -0.25) is 9.10 Å². The van der Waals surface area contributed by atoms with Gasteiger partial charge in [-0.1, -0.05) is 41.4 Å². The van der Waals surface area contributed by atoms with Crippen molar-refractivity contribution >= 4 is 33.2 Å². The van der Waals surface area contributed by atoms with Crippen LogP contribution in [-0.4, -0.2) is 20.9 Å². The molecule has 1 atom stereocenters. The number of anilines is 1. The highest BCUT2D eigenvalue weighted by atomic mass is 35.5. The van der Waals surface area contributed by atoms with E-state index in [-0.39, 0.29) is 17.5 Å². The fourth-order valence-electron chi connectivity index (χ4n) is 3.70. The molecule has 5 nitrogen and oxygen atoms in total. The molecule has 0 bridgehead atoms. The van der Waals surface area contributed by atoms with Crippen molar-refractivity contribution in [3.05, 3.63) is 93.5 Å². The summed E-state index contributed by atoms with van der Waals surface area (Å²) in [7, 11) is -3.97. The molecule has 1 N–H and O–H groups in total. The smallest absolute Gasteiger partial charge is 0.264 e. The molecule has 0 aromatic heterocycles. The molecule has 3 aromatic rings. The minimum Gasteiger partial charge on any atom is -0.348 e. The summed E-state index contributed by atoms with van der Waals surface area (Å²) in [5, 5.41) is 3.44. The van der Waals surface area contributed by atoms with E-state index in [9.17, 15) is 13.2 Å². The number of sulfonamides is 1. The van der Waals surface area contributed by atoms with E-state index in [2.05, 4.69) is 24.4 Å². The van der Waals surface area contributed by atoms with Crippen LogP contribution in [0.2, 0.25) is 5.02 Å². The third kappa shape index (κ3) is 5.75. The predicted molar refractivity (Wildman–Crippen MR) is 134 cm³/mol. The van der Waals surface area contributed by atoms with E-state index in [1.54, 1.807) is 48.5 Å². The fraction of sp³-hybridized carbons (Fsp3) is 0.269. The molecule has 33 heavy (non-hydrogen) atoms. The third-order valence-corrected chi connectivity index (χ3v) is 7.78. The van der Waals surface area contributed by atoms with Crippen molar-refractivity contribution in [1.29, 1.82) is 0 Å². The van der Waals surface area contributed by atoms with Crippen LogP contribution in [0.15, 0.2) is 65.6 Å². The molecule has 0 spiro atoms. The Bertz CT molecular complexity index is 1250. The summed E-state index contributed by atoms with van der Waals surface area (Å²) in [4.78, 5) is 13.1. The number of carbonyl (C=O) groups is 1. The molecule has 1 amide bonds. The molecule has 7 heteroatoms. The quantitative estimate of drug-likeness (QED) is 0.471. The molecule has 0 aliphatic heterocycles. The number of hydrogen-bond donors (Lipinski definition) is 1. The van der Waals surface area contributed by atoms with Crippen LogP contribution in [0.3, 0.4) is 0 Å². The van der Waals surface area contributed by atoms with Crippen molar-refractivity contribution in [3.63, 3.8) is 0 Å². The van der Waals surface area contributed by atoms with Gasteiger partial charge in [0.15, 0.2) is 0 Å². The van der Waals surface area contributed by atoms with Gasteiger partial charge < -0.3 is 5.32 Å². The molecule has 0 radical (unpaired) electrons. The summed E-state index contributed by atoms with van der Waals surface area (Å²) in [6, 6.07) is 16.8. The van der Waals surface area contributed by atoms with E-state index >= 15 is 0 Å². The van der Waals surface area contributed by atoms with Crippen molar-refractivity contribution in [3.8, 4) is 0 Å². The number of hydrogen-bond acceptors (Lipinski definition) is 3. The van der Waals surface area contributed by atoms with Crippen molar-refractivity contribution in [2.45, 2.75) is 45.6 Å². The van der Waals surface area contributed by atoms with Gasteiger partial charge in [-0.2, -0.15) is 0 Å². The van der Waals surface area contributed by atoms with Gasteiger partial charge in [0, 0.05) is 5.02 Å². The average Bonchev–Trinajstić information content (AvgIpc) is 2.75. The maximum Gasteiger partial charge on any atom is 0.264 e. The SMILES string of the molecule is Cc1ccc(S(=O)(=O)N(CC(=O)N[C@@H](C)c2cc(C)c(C)cc2C)c2ccc(Cl)cc2)cc1. The Labute approximate surface area is 201 Å². The summed E-state index contributed by atoms with van der Waals surface area (Å²) in [5.74, 6) is -0.397. The third-order valence-electron chi connectivity index (χ3n) is 5.74. The van der Waals surface area contributed by atoms with Crippen LogP contribution < -0.4 is 9.62 Å². The molecule has 174 valence electrons. The minimum atomic E-state index is -3.97. The van der Waals surface area contributed by atoms with Gasteiger partial charge in [0.2, 0.25) is 5.91 Å². The Morgan fingerprint density at radius 1 is 0.909 bits per heavy atom. The number of aryl methyl sites for hydroxylation is 4. The number of benzene rings is 3. The van der Waals surface area contributed by atoms with Crippen molar-refractivity contribution in [2.24, 2.45) is 0 Å². The molecule has 0 aliphatic carbocycles. The Morgan fingerprint density at radius 2 is 1.48 bits per heavy atom. The Morgan fingerprint density at radius 3 is 2.09 bits per heavy atom. The van der Waals surface area contributed by atoms with Gasteiger partial charge in [0.25, 0.3) is 10.0 Å². The summed E-state index contributed by atoms with van der Waals surface area (Å²) >= 11 is 6.00. The van der Waals surface area contributed by atoms with Gasteiger partial charge in [-0.05, 0) is 93.3 Å². The summed E-state index contributed by atoms with van der Waals surface area (Å²) in [5.41, 5.74) is 5.72. The van der Waals surface area contributed by atoms with Crippen LogP contribution in [-0.2, 0) is 14.8 Å². The lowest BCUT2D eigenvalue weighted by atomic mass is 9.96. The molecule has 0 saturated carbocycles. The lowest BCUT2D eigenvalue weighted by molar-refractivity contribution is -0.120. The first kappa shape index (κ1) is 24.8. The molecule has 3 rings (SSSR count). The summed E-state index contributed by atoms with van der Waals surface area (Å²) < 4.78 is 28.1. The standard InChI is InChI=1S/C26H29ClN2O3S/c1-17-6-12-24(13-7-17)33(31,32)29(23-10-8-22(27)9-11-23)16-26(30)28-21(5)25-15-19(3)18(2)14-20(25)4/h6-15,21H,16H2,1-5H3,(H,28,30)/t21-/m0/s1. The first-order valence-corrected chi connectivity index (χ1v) is 12.5. The second-order valence-electron chi connectivity index (χ2n) is 8.38. The van der Waals surface area contributed by atoms with Crippen LogP contribution in [0.25, 0.3) is 0 Å². The van der Waals surface area contributed by atoms with E-state index in [0.29, 0.717) is 10.7 Å². The molecule has 0 aliphatic rings. The molecule has 0 saturated heterocycles. The van der Waals surface area contributed by atoms with Gasteiger partial charge in [0.1, 0.15) is 6.54 Å². The first-order chi connectivity index (χ1) is 15.5. The van der Waals surface area contributed by atoms with Crippen LogP contribution >= 0.6 is 11.6 Å². The molecular weight excluding hydrogens is 456 g/mol. The second-order valence-corrected chi connectivity index (χ2v) is 10.7. The van der Waals surface area contributed by atoms with Crippen molar-refractivity contribution < 1.29 is 13.2 Å². The lowest BCUT2D eigenvalue weighted by Gasteiger charge is -2.25. The minimum absolute atomic E-state index is 0.119. The zero-order valence-electron chi connectivity index (χ0n) is 19.5. The van der Waals surface area contributed by atoms with E-state index < -0.39 is 15.9 Å². The van der Waals surface area contributed by atoms with Crippen LogP contribution in [0, 0.1) is 27.7 Å². The first-order valence-electron chi connectivity index (χ1n) is 10.7. The number of nitrogens with zero attached hydrogens (tertiary/aromatic N) is 1. The number of carbonyl (C=O) groups excluding carboxylic acids is 1. The van der Waals surface area contributed by atoms with Gasteiger partial charge in [0.05, 0.1) is 16.6 Å². The van der Waals surface area contributed by atoms with Crippen LogP contribution in [0.4, 0.5) is 5.69 Å². The highest BCUT2D eigenvalue weighted by molar-refractivity contribution is 7.92. The second kappa shape index (κ2) is 9.98. The van der Waals surface area contributed by atoms with E-state index in [1.165, 1.54) is 5.56 Å². The number of nitrogens with one attached hydrogen (secondary N) is 1. The van der Waals surface area contributed by atoms with Crippen molar-refractivity contribution in [1.82, 2.24) is 5.32 Å². The largest absolute Gasteiger partial charge is 0.348 e. The van der Waals surface area contributed by atoms with E-state index in [1.807, 2.05) is 27.7 Å². The lowest BCUT2D eigenvalue weighted by Crippen LogP contribution is -2.41. The Hall–Kier alpha value is -2.83. The van der Waals surface area contributed by atoms with Gasteiger partial charge in [-0.15, -0.1) is 0 Å². The molecule has 0 heterocycles. The van der Waals surface area contributed by atoms with E-state index in [0.717, 1.165) is 26.6 Å². The molecule has 0 fully saturated rings. The summed E-state index contributed by atoms with van der Waals surface area (Å²) in [6.45, 7) is 9.52.